The number of anilines is 3. The molecule has 0 saturated carbocycles. The summed E-state index contributed by atoms with van der Waals surface area (Å²) in [6.45, 7) is 0. The van der Waals surface area contributed by atoms with Crippen molar-refractivity contribution in [1.82, 2.24) is 4.57 Å². The molecule has 0 atom stereocenters. The third-order valence-electron chi connectivity index (χ3n) is 9.37. The zero-order valence-corrected chi connectivity index (χ0v) is 26.4. The molecule has 0 saturated heterocycles. The predicted molar refractivity (Wildman–Crippen MR) is 204 cm³/mol. The smallest absolute Gasteiger partial charge is 0.0547 e. The molecule has 0 aliphatic rings. The summed E-state index contributed by atoms with van der Waals surface area (Å²) in [7, 11) is 0. The number of nitrogens with zero attached hydrogens (tertiary/aromatic N) is 2. The van der Waals surface area contributed by atoms with Crippen LogP contribution in [0.15, 0.2) is 194 Å². The van der Waals surface area contributed by atoms with E-state index in [1.807, 2.05) is 0 Å². The van der Waals surface area contributed by atoms with Gasteiger partial charge in [0, 0.05) is 33.4 Å². The summed E-state index contributed by atoms with van der Waals surface area (Å²) in [5.74, 6) is 0. The molecule has 226 valence electrons. The maximum atomic E-state index is 2.41. The molecule has 0 N–H and O–H groups in total. The molecule has 0 fully saturated rings. The highest BCUT2D eigenvalue weighted by atomic mass is 15.1. The summed E-state index contributed by atoms with van der Waals surface area (Å²) >= 11 is 0. The average Bonchev–Trinajstić information content (AvgIpc) is 3.51. The van der Waals surface area contributed by atoms with Crippen molar-refractivity contribution in [2.75, 3.05) is 4.90 Å². The Balaban J connectivity index is 1.29. The molecule has 0 aliphatic heterocycles. The molecule has 0 amide bonds. The molecular formula is C46H32N2. The fraction of sp³-hybridized carbons (Fsp3) is 0. The number of rotatable bonds is 6. The van der Waals surface area contributed by atoms with Crippen molar-refractivity contribution >= 4 is 49.6 Å². The third kappa shape index (κ3) is 4.74. The van der Waals surface area contributed by atoms with E-state index in [-0.39, 0.29) is 0 Å². The lowest BCUT2D eigenvalue weighted by molar-refractivity contribution is 1.18. The summed E-state index contributed by atoms with van der Waals surface area (Å²) in [6.07, 6.45) is 0. The molecule has 48 heavy (non-hydrogen) atoms. The summed E-state index contributed by atoms with van der Waals surface area (Å²) < 4.78 is 2.39. The van der Waals surface area contributed by atoms with Crippen LogP contribution >= 0.6 is 0 Å². The topological polar surface area (TPSA) is 8.17 Å². The van der Waals surface area contributed by atoms with Crippen LogP contribution in [0.5, 0.6) is 0 Å². The highest BCUT2D eigenvalue weighted by Crippen LogP contribution is 2.45. The summed E-state index contributed by atoms with van der Waals surface area (Å²) in [4.78, 5) is 2.41. The van der Waals surface area contributed by atoms with Crippen molar-refractivity contribution < 1.29 is 0 Å². The largest absolute Gasteiger partial charge is 0.310 e. The van der Waals surface area contributed by atoms with Crippen LogP contribution in [0.1, 0.15) is 0 Å². The van der Waals surface area contributed by atoms with Gasteiger partial charge in [-0.05, 0) is 82.1 Å². The molecule has 1 aromatic heterocycles. The van der Waals surface area contributed by atoms with Crippen LogP contribution in [-0.2, 0) is 0 Å². The second-order valence-corrected chi connectivity index (χ2v) is 12.2. The Morgan fingerprint density at radius 1 is 0.375 bits per heavy atom. The van der Waals surface area contributed by atoms with Gasteiger partial charge in [-0.2, -0.15) is 0 Å². The molecule has 9 rings (SSSR count). The quantitative estimate of drug-likeness (QED) is 0.181. The van der Waals surface area contributed by atoms with Gasteiger partial charge in [-0.1, -0.05) is 140 Å². The molecule has 9 aromatic rings. The number of hydrogen-bond acceptors (Lipinski definition) is 1. The lowest BCUT2D eigenvalue weighted by Crippen LogP contribution is -2.11. The maximum Gasteiger partial charge on any atom is 0.0547 e. The van der Waals surface area contributed by atoms with E-state index < -0.39 is 0 Å². The molecule has 8 aromatic carbocycles. The third-order valence-corrected chi connectivity index (χ3v) is 9.37. The molecular weight excluding hydrogens is 581 g/mol. The first-order chi connectivity index (χ1) is 23.8. The molecule has 0 spiro atoms. The van der Waals surface area contributed by atoms with Crippen LogP contribution in [0.2, 0.25) is 0 Å². The predicted octanol–water partition coefficient (Wildman–Crippen LogP) is 12.7. The first kappa shape index (κ1) is 27.9. The Morgan fingerprint density at radius 2 is 0.979 bits per heavy atom. The first-order valence-corrected chi connectivity index (χ1v) is 16.4. The molecule has 0 bridgehead atoms. The molecule has 0 aliphatic carbocycles. The van der Waals surface area contributed by atoms with E-state index in [2.05, 4.69) is 204 Å². The second kappa shape index (κ2) is 11.8. The normalized spacial score (nSPS) is 11.3. The number of fused-ring (bicyclic) bond motifs is 4. The Hall–Kier alpha value is -6.38. The minimum absolute atomic E-state index is 1.11. The van der Waals surface area contributed by atoms with Crippen LogP contribution in [0.4, 0.5) is 17.1 Å². The van der Waals surface area contributed by atoms with Gasteiger partial charge < -0.3 is 9.47 Å². The highest BCUT2D eigenvalue weighted by Gasteiger charge is 2.21. The number of hydrogen-bond donors (Lipinski definition) is 0. The molecule has 0 radical (unpaired) electrons. The minimum Gasteiger partial charge on any atom is -0.310 e. The van der Waals surface area contributed by atoms with Gasteiger partial charge >= 0.3 is 0 Å². The van der Waals surface area contributed by atoms with Crippen LogP contribution in [0, 0.1) is 0 Å². The standard InChI is InChI=1S/C46H32N2/c1-3-14-33(15-4-1)35-26-29-38(30-27-35)47(39-31-28-34-16-7-8-17-36(34)32-39)43-23-11-9-20-40(43)41-22-13-25-45-46(41)42-21-10-12-24-44(42)48(45)37-18-5-2-6-19-37/h1-32H. The maximum absolute atomic E-state index is 2.41. The fourth-order valence-electron chi connectivity index (χ4n) is 7.17. The zero-order chi connectivity index (χ0) is 31.9. The molecule has 2 nitrogen and oxygen atoms in total. The number of para-hydroxylation sites is 3. The van der Waals surface area contributed by atoms with Crippen molar-refractivity contribution in [3.8, 4) is 27.9 Å². The van der Waals surface area contributed by atoms with E-state index in [4.69, 9.17) is 0 Å². The average molecular weight is 613 g/mol. The Kier molecular flexibility index (Phi) is 6.84. The van der Waals surface area contributed by atoms with Crippen molar-refractivity contribution in [3.63, 3.8) is 0 Å². The Labute approximate surface area is 280 Å². The van der Waals surface area contributed by atoms with Crippen molar-refractivity contribution in [2.24, 2.45) is 0 Å². The second-order valence-electron chi connectivity index (χ2n) is 12.2. The van der Waals surface area contributed by atoms with Gasteiger partial charge in [0.15, 0.2) is 0 Å². The van der Waals surface area contributed by atoms with Gasteiger partial charge in [-0.25, -0.2) is 0 Å². The lowest BCUT2D eigenvalue weighted by Gasteiger charge is -2.28. The van der Waals surface area contributed by atoms with Crippen LogP contribution in [0.25, 0.3) is 60.5 Å². The number of aromatic nitrogens is 1. The van der Waals surface area contributed by atoms with Gasteiger partial charge in [0.05, 0.1) is 16.7 Å². The summed E-state index contributed by atoms with van der Waals surface area (Å²) in [5.41, 5.74) is 11.7. The van der Waals surface area contributed by atoms with Crippen molar-refractivity contribution in [2.45, 2.75) is 0 Å². The van der Waals surface area contributed by atoms with Gasteiger partial charge in [-0.15, -0.1) is 0 Å². The van der Waals surface area contributed by atoms with E-state index in [0.29, 0.717) is 0 Å². The van der Waals surface area contributed by atoms with Crippen LogP contribution < -0.4 is 4.90 Å². The van der Waals surface area contributed by atoms with Crippen molar-refractivity contribution in [3.05, 3.63) is 194 Å². The van der Waals surface area contributed by atoms with Crippen molar-refractivity contribution in [1.29, 1.82) is 0 Å². The van der Waals surface area contributed by atoms with Gasteiger partial charge in [0.2, 0.25) is 0 Å². The monoisotopic (exact) mass is 612 g/mol. The molecule has 1 heterocycles. The van der Waals surface area contributed by atoms with Gasteiger partial charge in [0.1, 0.15) is 0 Å². The Bertz CT molecular complexity index is 2550. The number of benzene rings is 8. The summed E-state index contributed by atoms with van der Waals surface area (Å²) in [5, 5.41) is 4.94. The van der Waals surface area contributed by atoms with E-state index in [1.54, 1.807) is 0 Å². The van der Waals surface area contributed by atoms with E-state index in [0.717, 1.165) is 22.7 Å². The zero-order valence-electron chi connectivity index (χ0n) is 26.4. The van der Waals surface area contributed by atoms with E-state index in [1.165, 1.54) is 54.8 Å². The fourth-order valence-corrected chi connectivity index (χ4v) is 7.17. The Morgan fingerprint density at radius 3 is 1.81 bits per heavy atom. The summed E-state index contributed by atoms with van der Waals surface area (Å²) in [6, 6.07) is 69.9. The molecule has 2 heteroatoms. The van der Waals surface area contributed by atoms with E-state index in [9.17, 15) is 0 Å². The van der Waals surface area contributed by atoms with Gasteiger partial charge in [0.25, 0.3) is 0 Å². The lowest BCUT2D eigenvalue weighted by atomic mass is 9.96. The highest BCUT2D eigenvalue weighted by molar-refractivity contribution is 6.17. The minimum atomic E-state index is 1.11. The molecule has 0 unspecified atom stereocenters. The van der Waals surface area contributed by atoms with E-state index >= 15 is 0 Å². The first-order valence-electron chi connectivity index (χ1n) is 16.4. The van der Waals surface area contributed by atoms with Crippen LogP contribution in [0.3, 0.4) is 0 Å². The SMILES string of the molecule is c1ccc(-c2ccc(N(c3ccc4ccccc4c3)c3ccccc3-c3cccc4c3c3ccccc3n4-c3ccccc3)cc2)cc1. The van der Waals surface area contributed by atoms with Crippen LogP contribution in [-0.4, -0.2) is 4.57 Å². The van der Waals surface area contributed by atoms with Gasteiger partial charge in [-0.3, -0.25) is 0 Å².